The van der Waals surface area contributed by atoms with Crippen LogP contribution in [-0.4, -0.2) is 20.0 Å². The van der Waals surface area contributed by atoms with E-state index in [9.17, 15) is 21.6 Å². The van der Waals surface area contributed by atoms with Gasteiger partial charge in [-0.2, -0.15) is 21.6 Å². The molecule has 0 aromatic heterocycles. The van der Waals surface area contributed by atoms with Gasteiger partial charge in [-0.05, 0) is 31.1 Å². The van der Waals surface area contributed by atoms with Gasteiger partial charge in [0.25, 0.3) is 0 Å². The first-order chi connectivity index (χ1) is 7.27. The highest BCUT2D eigenvalue weighted by Gasteiger charge is 2.54. The average molecular weight is 258 g/mol. The van der Waals surface area contributed by atoms with E-state index in [2.05, 4.69) is 4.18 Å². The van der Waals surface area contributed by atoms with Gasteiger partial charge in [-0.25, -0.2) is 0 Å². The van der Waals surface area contributed by atoms with Crippen molar-refractivity contribution in [3.05, 3.63) is 0 Å². The zero-order chi connectivity index (χ0) is 12.0. The van der Waals surface area contributed by atoms with E-state index < -0.39 is 21.7 Å². The van der Waals surface area contributed by atoms with E-state index in [1.165, 1.54) is 0 Å². The van der Waals surface area contributed by atoms with Crippen molar-refractivity contribution in [2.45, 2.75) is 50.1 Å². The fourth-order valence-corrected chi connectivity index (χ4v) is 3.38. The summed E-state index contributed by atoms with van der Waals surface area (Å²) >= 11 is 0. The van der Waals surface area contributed by atoms with Crippen molar-refractivity contribution in [3.63, 3.8) is 0 Å². The van der Waals surface area contributed by atoms with Crippen LogP contribution >= 0.6 is 0 Å². The van der Waals surface area contributed by atoms with Gasteiger partial charge in [0.15, 0.2) is 0 Å². The van der Waals surface area contributed by atoms with Gasteiger partial charge in [-0.1, -0.05) is 12.8 Å². The van der Waals surface area contributed by atoms with Crippen LogP contribution in [0.3, 0.4) is 0 Å². The normalized spacial score (nSPS) is 29.3. The second-order valence-corrected chi connectivity index (χ2v) is 6.16. The molecule has 0 amide bonds. The molecule has 0 aliphatic heterocycles. The van der Waals surface area contributed by atoms with Crippen molar-refractivity contribution >= 4 is 10.1 Å². The van der Waals surface area contributed by atoms with Gasteiger partial charge in [-0.15, -0.1) is 0 Å². The van der Waals surface area contributed by atoms with Crippen molar-refractivity contribution in [2.24, 2.45) is 5.41 Å². The molecule has 0 aromatic carbocycles. The monoisotopic (exact) mass is 258 g/mol. The van der Waals surface area contributed by atoms with Gasteiger partial charge in [0.1, 0.15) is 0 Å². The van der Waals surface area contributed by atoms with Crippen molar-refractivity contribution in [1.29, 1.82) is 0 Å². The quantitative estimate of drug-likeness (QED) is 0.564. The molecule has 0 heterocycles. The maximum atomic E-state index is 12.1. The Balaban J connectivity index is 2.11. The van der Waals surface area contributed by atoms with E-state index in [0.717, 1.165) is 32.1 Å². The molecule has 0 saturated heterocycles. The Bertz CT molecular complexity index is 370. The molecule has 1 atom stereocenters. The third kappa shape index (κ3) is 1.84. The molecule has 2 rings (SSSR count). The summed E-state index contributed by atoms with van der Waals surface area (Å²) in [6.45, 7) is 0. The van der Waals surface area contributed by atoms with Gasteiger partial charge in [0.2, 0.25) is 0 Å². The first-order valence-electron chi connectivity index (χ1n) is 5.26. The molecular formula is C9H13F3O3S. The fraction of sp³-hybridized carbons (Fsp3) is 1.00. The van der Waals surface area contributed by atoms with Gasteiger partial charge < -0.3 is 0 Å². The van der Waals surface area contributed by atoms with Crippen molar-refractivity contribution in [2.75, 3.05) is 0 Å². The number of hydrogen-bond donors (Lipinski definition) is 0. The summed E-state index contributed by atoms with van der Waals surface area (Å²) < 4.78 is 62.6. The van der Waals surface area contributed by atoms with Crippen molar-refractivity contribution in [3.8, 4) is 0 Å². The smallest absolute Gasteiger partial charge is 0.259 e. The summed E-state index contributed by atoms with van der Waals surface area (Å²) in [6.07, 6.45) is 3.69. The average Bonchev–Trinajstić information content (AvgIpc) is 2.43. The Morgan fingerprint density at radius 3 is 2.12 bits per heavy atom. The predicted molar refractivity (Wildman–Crippen MR) is 50.0 cm³/mol. The fourth-order valence-electron chi connectivity index (χ4n) is 2.67. The first-order valence-corrected chi connectivity index (χ1v) is 6.67. The first kappa shape index (κ1) is 12.2. The van der Waals surface area contributed by atoms with Crippen LogP contribution < -0.4 is 0 Å². The van der Waals surface area contributed by atoms with Crippen LogP contribution in [0, 0.1) is 5.41 Å². The maximum absolute atomic E-state index is 12.1. The standard InChI is InChI=1S/C9H13F3O3S/c10-9(11,12)16(13,14)15-7-3-1-4-8(7)5-2-6-8/h7H,1-6H2. The molecule has 94 valence electrons. The predicted octanol–water partition coefficient (Wildman–Crippen LogP) is 2.58. The molecule has 1 unspecified atom stereocenters. The molecule has 2 saturated carbocycles. The van der Waals surface area contributed by atoms with Gasteiger partial charge in [-0.3, -0.25) is 4.18 Å². The Labute approximate surface area is 92.1 Å². The minimum atomic E-state index is -5.43. The van der Waals surface area contributed by atoms with E-state index >= 15 is 0 Å². The van der Waals surface area contributed by atoms with E-state index in [-0.39, 0.29) is 5.41 Å². The van der Waals surface area contributed by atoms with Crippen molar-refractivity contribution in [1.82, 2.24) is 0 Å². The Kier molecular flexibility index (Phi) is 2.73. The van der Waals surface area contributed by atoms with Crippen LogP contribution in [0.25, 0.3) is 0 Å². The van der Waals surface area contributed by atoms with E-state index in [1.54, 1.807) is 0 Å². The lowest BCUT2D eigenvalue weighted by Gasteiger charge is -2.42. The summed E-state index contributed by atoms with van der Waals surface area (Å²) in [5.41, 5.74) is -5.60. The molecule has 7 heteroatoms. The Morgan fingerprint density at radius 2 is 1.69 bits per heavy atom. The van der Waals surface area contributed by atoms with Crippen LogP contribution in [0.4, 0.5) is 13.2 Å². The number of hydrogen-bond acceptors (Lipinski definition) is 3. The zero-order valence-electron chi connectivity index (χ0n) is 8.59. The van der Waals surface area contributed by atoms with E-state index in [0.29, 0.717) is 6.42 Å². The minimum absolute atomic E-state index is 0.293. The van der Waals surface area contributed by atoms with Crippen LogP contribution in [0.15, 0.2) is 0 Å². The Morgan fingerprint density at radius 1 is 1.12 bits per heavy atom. The lowest BCUT2D eigenvalue weighted by atomic mass is 9.66. The van der Waals surface area contributed by atoms with Crippen LogP contribution in [-0.2, 0) is 14.3 Å². The topological polar surface area (TPSA) is 43.4 Å². The molecule has 0 N–H and O–H groups in total. The third-order valence-corrected chi connectivity index (χ3v) is 4.75. The lowest BCUT2D eigenvalue weighted by molar-refractivity contribution is -0.0675. The van der Waals surface area contributed by atoms with Gasteiger partial charge >= 0.3 is 15.6 Å². The lowest BCUT2D eigenvalue weighted by Crippen LogP contribution is -2.41. The van der Waals surface area contributed by atoms with Gasteiger partial charge in [0, 0.05) is 0 Å². The maximum Gasteiger partial charge on any atom is 0.523 e. The number of halogens is 3. The molecule has 1 spiro atoms. The van der Waals surface area contributed by atoms with E-state index in [1.807, 2.05) is 0 Å². The van der Waals surface area contributed by atoms with Crippen LogP contribution in [0.2, 0.25) is 0 Å². The summed E-state index contributed by atoms with van der Waals surface area (Å²) in [6, 6.07) is 0. The van der Waals surface area contributed by atoms with Crippen LogP contribution in [0.5, 0.6) is 0 Å². The molecule has 0 radical (unpaired) electrons. The van der Waals surface area contributed by atoms with Gasteiger partial charge in [0.05, 0.1) is 6.10 Å². The highest BCUT2D eigenvalue weighted by atomic mass is 32.2. The number of alkyl halides is 3. The molecule has 2 aliphatic carbocycles. The SMILES string of the molecule is O=S(=O)(OC1CCCC12CCC2)C(F)(F)F. The Hall–Kier alpha value is -0.300. The summed E-state index contributed by atoms with van der Waals surface area (Å²) in [7, 11) is -5.43. The third-order valence-electron chi connectivity index (χ3n) is 3.70. The summed E-state index contributed by atoms with van der Waals surface area (Å²) in [5, 5.41) is 0. The highest BCUT2D eigenvalue weighted by molar-refractivity contribution is 7.87. The van der Waals surface area contributed by atoms with Crippen molar-refractivity contribution < 1.29 is 25.8 Å². The number of rotatable bonds is 2. The second kappa shape index (κ2) is 3.60. The van der Waals surface area contributed by atoms with E-state index in [4.69, 9.17) is 0 Å². The molecule has 16 heavy (non-hydrogen) atoms. The summed E-state index contributed by atoms with van der Waals surface area (Å²) in [5.74, 6) is 0. The minimum Gasteiger partial charge on any atom is -0.259 e. The molecule has 0 bridgehead atoms. The molecule has 0 aromatic rings. The molecule has 2 aliphatic rings. The molecule has 3 nitrogen and oxygen atoms in total. The molecular weight excluding hydrogens is 245 g/mol. The summed E-state index contributed by atoms with van der Waals surface area (Å²) in [4.78, 5) is 0. The largest absolute Gasteiger partial charge is 0.523 e. The molecule has 2 fully saturated rings. The zero-order valence-corrected chi connectivity index (χ0v) is 9.40. The second-order valence-electron chi connectivity index (χ2n) is 4.59. The highest BCUT2D eigenvalue weighted by Crippen LogP contribution is 2.55. The van der Waals surface area contributed by atoms with Crippen LogP contribution in [0.1, 0.15) is 38.5 Å².